The molecule has 0 amide bonds. The van der Waals surface area contributed by atoms with E-state index in [-0.39, 0.29) is 12.4 Å². The smallest absolute Gasteiger partial charge is 0.196 e. The van der Waals surface area contributed by atoms with Crippen molar-refractivity contribution in [3.63, 3.8) is 0 Å². The van der Waals surface area contributed by atoms with Gasteiger partial charge in [0.05, 0.1) is 11.6 Å². The van der Waals surface area contributed by atoms with Crippen molar-refractivity contribution in [2.24, 2.45) is 0 Å². The van der Waals surface area contributed by atoms with E-state index in [4.69, 9.17) is 16.7 Å². The Balaban J connectivity index is 2.43. The summed E-state index contributed by atoms with van der Waals surface area (Å²) in [7, 11) is 0. The third-order valence-electron chi connectivity index (χ3n) is 2.97. The quantitative estimate of drug-likeness (QED) is 0.831. The average Bonchev–Trinajstić information content (AvgIpc) is 2.46. The molecule has 0 unspecified atom stereocenters. The van der Waals surface area contributed by atoms with Gasteiger partial charge >= 0.3 is 0 Å². The molecule has 0 aliphatic heterocycles. The van der Waals surface area contributed by atoms with E-state index in [9.17, 15) is 4.79 Å². The molecule has 2 aromatic rings. The molecule has 0 fully saturated rings. The third-order valence-corrected chi connectivity index (χ3v) is 3.30. The zero-order chi connectivity index (χ0) is 14.5. The first kappa shape index (κ1) is 14.6. The van der Waals surface area contributed by atoms with Gasteiger partial charge in [0.25, 0.3) is 0 Å². The summed E-state index contributed by atoms with van der Waals surface area (Å²) >= 11 is 6.08. The van der Waals surface area contributed by atoms with Crippen LogP contribution in [-0.2, 0) is 0 Å². The molecule has 2 aromatic carbocycles. The lowest BCUT2D eigenvalue weighted by Gasteiger charge is -2.12. The molecule has 3 nitrogen and oxygen atoms in total. The second-order valence-electron chi connectivity index (χ2n) is 4.51. The van der Waals surface area contributed by atoms with E-state index < -0.39 is 0 Å². The van der Waals surface area contributed by atoms with Gasteiger partial charge in [0.1, 0.15) is 0 Å². The lowest BCUT2D eigenvalue weighted by molar-refractivity contribution is 0.103. The Morgan fingerprint density at radius 3 is 2.65 bits per heavy atom. The van der Waals surface area contributed by atoms with Crippen LogP contribution in [-0.4, -0.2) is 24.0 Å². The molecule has 0 heterocycles. The highest BCUT2D eigenvalue weighted by Crippen LogP contribution is 2.24. The summed E-state index contributed by atoms with van der Waals surface area (Å²) in [5.74, 6) is -0.125. The second kappa shape index (κ2) is 6.55. The molecule has 4 heteroatoms. The van der Waals surface area contributed by atoms with Gasteiger partial charge in [-0.3, -0.25) is 4.79 Å². The van der Waals surface area contributed by atoms with Crippen molar-refractivity contribution >= 4 is 23.1 Å². The lowest BCUT2D eigenvalue weighted by Crippen LogP contribution is -2.11. The highest BCUT2D eigenvalue weighted by molar-refractivity contribution is 6.35. The van der Waals surface area contributed by atoms with Crippen LogP contribution in [0.4, 0.5) is 5.69 Å². The van der Waals surface area contributed by atoms with Gasteiger partial charge in [-0.25, -0.2) is 0 Å². The van der Waals surface area contributed by atoms with Crippen molar-refractivity contribution < 1.29 is 9.90 Å². The first-order valence-electron chi connectivity index (χ1n) is 6.38. The zero-order valence-electron chi connectivity index (χ0n) is 11.2. The van der Waals surface area contributed by atoms with E-state index >= 15 is 0 Å². The summed E-state index contributed by atoms with van der Waals surface area (Å²) in [6.07, 6.45) is 0. The van der Waals surface area contributed by atoms with Crippen LogP contribution in [0.1, 0.15) is 21.5 Å². The van der Waals surface area contributed by atoms with Gasteiger partial charge in [0.2, 0.25) is 0 Å². The molecular formula is C16H16ClNO2. The van der Waals surface area contributed by atoms with Gasteiger partial charge in [-0.15, -0.1) is 0 Å². The average molecular weight is 290 g/mol. The number of ketones is 1. The Morgan fingerprint density at radius 2 is 1.95 bits per heavy atom. The minimum absolute atomic E-state index is 0.00754. The van der Waals surface area contributed by atoms with Crippen molar-refractivity contribution in [2.45, 2.75) is 6.92 Å². The predicted molar refractivity (Wildman–Crippen MR) is 81.6 cm³/mol. The maximum absolute atomic E-state index is 12.6. The van der Waals surface area contributed by atoms with Crippen molar-refractivity contribution in [3.05, 3.63) is 64.2 Å². The first-order chi connectivity index (χ1) is 9.63. The summed E-state index contributed by atoms with van der Waals surface area (Å²) in [6.45, 7) is 2.33. The predicted octanol–water partition coefficient (Wildman–Crippen LogP) is 3.28. The molecule has 0 saturated carbocycles. The first-order valence-corrected chi connectivity index (χ1v) is 6.76. The number of hydrogen-bond acceptors (Lipinski definition) is 3. The third kappa shape index (κ3) is 3.18. The van der Waals surface area contributed by atoms with Gasteiger partial charge < -0.3 is 10.4 Å². The SMILES string of the molecule is Cc1ccc(NCCO)c(C(=O)c2ccccc2Cl)c1. The van der Waals surface area contributed by atoms with Gasteiger partial charge in [-0.2, -0.15) is 0 Å². The number of aliphatic hydroxyl groups is 1. The fraction of sp³-hybridized carbons (Fsp3) is 0.188. The van der Waals surface area contributed by atoms with Gasteiger partial charge in [-0.05, 0) is 31.2 Å². The number of anilines is 1. The Labute approximate surface area is 123 Å². The zero-order valence-corrected chi connectivity index (χ0v) is 11.9. The van der Waals surface area contributed by atoms with E-state index in [1.165, 1.54) is 0 Å². The Bertz CT molecular complexity index is 626. The Morgan fingerprint density at radius 1 is 1.20 bits per heavy atom. The number of hydrogen-bond donors (Lipinski definition) is 2. The molecule has 2 rings (SSSR count). The van der Waals surface area contributed by atoms with Crippen molar-refractivity contribution in [1.29, 1.82) is 0 Å². The van der Waals surface area contributed by atoms with Crippen LogP contribution in [0.15, 0.2) is 42.5 Å². The minimum Gasteiger partial charge on any atom is -0.395 e. The Hall–Kier alpha value is -1.84. The Kier molecular flexibility index (Phi) is 4.77. The number of aliphatic hydroxyl groups excluding tert-OH is 1. The van der Waals surface area contributed by atoms with Crippen LogP contribution >= 0.6 is 11.6 Å². The molecule has 104 valence electrons. The van der Waals surface area contributed by atoms with Crippen LogP contribution in [0.2, 0.25) is 5.02 Å². The van der Waals surface area contributed by atoms with Crippen LogP contribution in [0.5, 0.6) is 0 Å². The maximum Gasteiger partial charge on any atom is 0.196 e. The van der Waals surface area contributed by atoms with Gasteiger partial charge in [0.15, 0.2) is 5.78 Å². The fourth-order valence-electron chi connectivity index (χ4n) is 1.98. The normalized spacial score (nSPS) is 10.3. The molecule has 0 bridgehead atoms. The van der Waals surface area contributed by atoms with E-state index in [0.29, 0.717) is 28.4 Å². The summed E-state index contributed by atoms with van der Waals surface area (Å²) in [6, 6.07) is 12.6. The number of benzene rings is 2. The van der Waals surface area contributed by atoms with Crippen LogP contribution in [0.3, 0.4) is 0 Å². The highest BCUT2D eigenvalue weighted by atomic mass is 35.5. The summed E-state index contributed by atoms with van der Waals surface area (Å²) in [5, 5.41) is 12.4. The van der Waals surface area contributed by atoms with Gasteiger partial charge in [-0.1, -0.05) is 35.4 Å². The fourth-order valence-corrected chi connectivity index (χ4v) is 2.20. The molecular weight excluding hydrogens is 274 g/mol. The number of halogens is 1. The van der Waals surface area contributed by atoms with Crippen LogP contribution < -0.4 is 5.32 Å². The molecule has 0 aromatic heterocycles. The number of nitrogens with one attached hydrogen (secondary N) is 1. The van der Waals surface area contributed by atoms with Crippen molar-refractivity contribution in [2.75, 3.05) is 18.5 Å². The van der Waals surface area contributed by atoms with Gasteiger partial charge in [0, 0.05) is 23.4 Å². The van der Waals surface area contributed by atoms with E-state index in [1.807, 2.05) is 25.1 Å². The topological polar surface area (TPSA) is 49.3 Å². The molecule has 0 aliphatic rings. The van der Waals surface area contributed by atoms with E-state index in [0.717, 1.165) is 5.56 Å². The summed E-state index contributed by atoms with van der Waals surface area (Å²) in [4.78, 5) is 12.6. The summed E-state index contributed by atoms with van der Waals surface area (Å²) in [5.41, 5.74) is 2.74. The molecule has 0 atom stereocenters. The number of carbonyl (C=O) groups is 1. The van der Waals surface area contributed by atoms with E-state index in [1.54, 1.807) is 24.3 Å². The van der Waals surface area contributed by atoms with Crippen LogP contribution in [0, 0.1) is 6.92 Å². The number of carbonyl (C=O) groups excluding carboxylic acids is 1. The monoisotopic (exact) mass is 289 g/mol. The molecule has 20 heavy (non-hydrogen) atoms. The molecule has 2 N–H and O–H groups in total. The molecule has 0 saturated heterocycles. The van der Waals surface area contributed by atoms with Crippen molar-refractivity contribution in [3.8, 4) is 0 Å². The molecule has 0 spiro atoms. The second-order valence-corrected chi connectivity index (χ2v) is 4.92. The lowest BCUT2D eigenvalue weighted by atomic mass is 9.99. The molecule has 0 aliphatic carbocycles. The standard InChI is InChI=1S/C16H16ClNO2/c1-11-6-7-15(18-8-9-19)13(10-11)16(20)12-4-2-3-5-14(12)17/h2-7,10,18-19H,8-9H2,1H3. The highest BCUT2D eigenvalue weighted by Gasteiger charge is 2.16. The van der Waals surface area contributed by atoms with Crippen molar-refractivity contribution in [1.82, 2.24) is 0 Å². The molecule has 0 radical (unpaired) electrons. The maximum atomic E-state index is 12.6. The largest absolute Gasteiger partial charge is 0.395 e. The number of rotatable bonds is 5. The minimum atomic E-state index is -0.125. The number of aryl methyl sites for hydroxylation is 1. The van der Waals surface area contributed by atoms with Crippen LogP contribution in [0.25, 0.3) is 0 Å². The van der Waals surface area contributed by atoms with E-state index in [2.05, 4.69) is 5.32 Å². The summed E-state index contributed by atoms with van der Waals surface area (Å²) < 4.78 is 0.